The second kappa shape index (κ2) is 6.64. The molecule has 0 aliphatic carbocycles. The van der Waals surface area contributed by atoms with Crippen molar-refractivity contribution in [2.45, 2.75) is 26.4 Å². The Bertz CT molecular complexity index is 688. The predicted octanol–water partition coefficient (Wildman–Crippen LogP) is 4.38. The lowest BCUT2D eigenvalue weighted by Gasteiger charge is -2.20. The van der Waals surface area contributed by atoms with E-state index in [0.29, 0.717) is 11.5 Å². The molecule has 2 rings (SSSR count). The molecule has 22 heavy (non-hydrogen) atoms. The number of aliphatic hydroxyl groups is 1. The Labute approximate surface area is 130 Å². The number of benzene rings is 2. The minimum Gasteiger partial charge on any atom is -0.457 e. The monoisotopic (exact) mass is 298 g/mol. The van der Waals surface area contributed by atoms with Crippen LogP contribution in [0.1, 0.15) is 26.3 Å². The second-order valence-electron chi connectivity index (χ2n) is 5.73. The molecule has 1 unspecified atom stereocenters. The van der Waals surface area contributed by atoms with Crippen molar-refractivity contribution < 1.29 is 14.2 Å². The molecule has 1 atom stereocenters. The van der Waals surface area contributed by atoms with Crippen LogP contribution in [0.2, 0.25) is 0 Å². The summed E-state index contributed by atoms with van der Waals surface area (Å²) in [5.74, 6) is 6.83. The van der Waals surface area contributed by atoms with Gasteiger partial charge >= 0.3 is 0 Å². The van der Waals surface area contributed by atoms with E-state index >= 15 is 0 Å². The van der Waals surface area contributed by atoms with Gasteiger partial charge in [0.1, 0.15) is 17.3 Å². The summed E-state index contributed by atoms with van der Waals surface area (Å²) in [5.41, 5.74) is -0.0365. The van der Waals surface area contributed by atoms with Crippen molar-refractivity contribution in [3.63, 3.8) is 0 Å². The Kier molecular flexibility index (Phi) is 4.85. The van der Waals surface area contributed by atoms with Crippen LogP contribution in [0.15, 0.2) is 48.5 Å². The molecular formula is C19H19FO2. The van der Waals surface area contributed by atoms with Crippen molar-refractivity contribution >= 4 is 0 Å². The normalized spacial score (nSPS) is 12.2. The summed E-state index contributed by atoms with van der Waals surface area (Å²) in [6.45, 7) is 5.35. The van der Waals surface area contributed by atoms with Crippen LogP contribution in [-0.2, 0) is 0 Å². The zero-order valence-corrected chi connectivity index (χ0v) is 12.9. The highest BCUT2D eigenvalue weighted by molar-refractivity contribution is 5.42. The highest BCUT2D eigenvalue weighted by Gasteiger charge is 2.19. The van der Waals surface area contributed by atoms with E-state index in [4.69, 9.17) is 4.74 Å². The number of ether oxygens (including phenoxy) is 1. The fourth-order valence-electron chi connectivity index (χ4n) is 1.64. The summed E-state index contributed by atoms with van der Waals surface area (Å²) >= 11 is 0. The summed E-state index contributed by atoms with van der Waals surface area (Å²) in [6.07, 6.45) is 0. The predicted molar refractivity (Wildman–Crippen MR) is 85.3 cm³/mol. The molecule has 0 radical (unpaired) electrons. The van der Waals surface area contributed by atoms with E-state index < -0.39 is 5.60 Å². The van der Waals surface area contributed by atoms with Crippen LogP contribution in [0.5, 0.6) is 11.5 Å². The van der Waals surface area contributed by atoms with Gasteiger partial charge in [0, 0.05) is 11.5 Å². The highest BCUT2D eigenvalue weighted by atomic mass is 19.1. The minimum atomic E-state index is -0.838. The van der Waals surface area contributed by atoms with E-state index in [1.807, 2.05) is 31.2 Å². The third kappa shape index (κ3) is 4.61. The van der Waals surface area contributed by atoms with Gasteiger partial charge in [0.2, 0.25) is 0 Å². The lowest BCUT2D eigenvalue weighted by atomic mass is 9.93. The van der Waals surface area contributed by atoms with E-state index in [2.05, 4.69) is 11.8 Å². The Morgan fingerprint density at radius 3 is 2.41 bits per heavy atom. The zero-order chi connectivity index (χ0) is 16.2. The molecule has 2 nitrogen and oxygen atoms in total. The summed E-state index contributed by atoms with van der Waals surface area (Å²) < 4.78 is 18.5. The Morgan fingerprint density at radius 2 is 1.77 bits per heavy atom. The van der Waals surface area contributed by atoms with Crippen molar-refractivity contribution in [3.8, 4) is 23.3 Å². The molecular weight excluding hydrogens is 279 g/mol. The molecule has 0 fully saturated rings. The van der Waals surface area contributed by atoms with Crippen molar-refractivity contribution in [1.29, 1.82) is 0 Å². The van der Waals surface area contributed by atoms with Gasteiger partial charge in [0.05, 0.1) is 5.60 Å². The molecule has 0 amide bonds. The summed E-state index contributed by atoms with van der Waals surface area (Å²) in [6, 6.07) is 13.2. The Morgan fingerprint density at radius 1 is 1.09 bits per heavy atom. The molecule has 1 N–H and O–H groups in total. The quantitative estimate of drug-likeness (QED) is 0.852. The minimum absolute atomic E-state index is 0.144. The first-order valence-corrected chi connectivity index (χ1v) is 7.12. The maximum absolute atomic E-state index is 12.9. The van der Waals surface area contributed by atoms with Gasteiger partial charge in [0.25, 0.3) is 0 Å². The second-order valence-corrected chi connectivity index (χ2v) is 5.73. The number of hydrogen-bond acceptors (Lipinski definition) is 2. The van der Waals surface area contributed by atoms with Crippen LogP contribution in [0.3, 0.4) is 0 Å². The average Bonchev–Trinajstić information content (AvgIpc) is 2.46. The van der Waals surface area contributed by atoms with Crippen molar-refractivity contribution in [1.82, 2.24) is 0 Å². The van der Waals surface area contributed by atoms with Crippen LogP contribution < -0.4 is 4.74 Å². The molecule has 0 aliphatic rings. The van der Waals surface area contributed by atoms with Crippen molar-refractivity contribution in [2.75, 3.05) is 0 Å². The largest absolute Gasteiger partial charge is 0.457 e. The first-order valence-electron chi connectivity index (χ1n) is 7.12. The molecule has 0 bridgehead atoms. The summed E-state index contributed by atoms with van der Waals surface area (Å²) in [5, 5.41) is 9.88. The van der Waals surface area contributed by atoms with E-state index in [0.717, 1.165) is 5.56 Å². The number of hydrogen-bond donors (Lipinski definition) is 1. The average molecular weight is 298 g/mol. The Balaban J connectivity index is 2.14. The number of halogens is 1. The standard InChI is InChI=1S/C19H19FO2/c1-14(19(2,3)21)7-8-15-5-4-6-18(13-15)22-17-11-9-16(20)10-12-17/h4-6,9-14,21H,1-3H3. The third-order valence-corrected chi connectivity index (χ3v) is 3.38. The first kappa shape index (κ1) is 16.1. The maximum Gasteiger partial charge on any atom is 0.128 e. The van der Waals surface area contributed by atoms with Gasteiger partial charge in [0.15, 0.2) is 0 Å². The third-order valence-electron chi connectivity index (χ3n) is 3.38. The van der Waals surface area contributed by atoms with Gasteiger partial charge in [-0.1, -0.05) is 17.9 Å². The zero-order valence-electron chi connectivity index (χ0n) is 12.9. The molecule has 0 saturated heterocycles. The molecule has 0 spiro atoms. The topological polar surface area (TPSA) is 29.5 Å². The maximum atomic E-state index is 12.9. The van der Waals surface area contributed by atoms with E-state index in [-0.39, 0.29) is 11.7 Å². The molecule has 3 heteroatoms. The molecule has 0 saturated carbocycles. The van der Waals surface area contributed by atoms with Crippen LogP contribution in [0.4, 0.5) is 4.39 Å². The summed E-state index contributed by atoms with van der Waals surface area (Å²) in [4.78, 5) is 0. The summed E-state index contributed by atoms with van der Waals surface area (Å²) in [7, 11) is 0. The van der Waals surface area contributed by atoms with Gasteiger partial charge < -0.3 is 9.84 Å². The van der Waals surface area contributed by atoms with Crippen molar-refractivity contribution in [2.24, 2.45) is 5.92 Å². The van der Waals surface area contributed by atoms with Gasteiger partial charge in [-0.15, -0.1) is 0 Å². The van der Waals surface area contributed by atoms with Crippen LogP contribution in [0.25, 0.3) is 0 Å². The fraction of sp³-hybridized carbons (Fsp3) is 0.263. The van der Waals surface area contributed by atoms with Gasteiger partial charge in [-0.2, -0.15) is 0 Å². The van der Waals surface area contributed by atoms with Gasteiger partial charge in [-0.25, -0.2) is 4.39 Å². The van der Waals surface area contributed by atoms with Crippen molar-refractivity contribution in [3.05, 3.63) is 59.9 Å². The smallest absolute Gasteiger partial charge is 0.128 e. The SMILES string of the molecule is CC(C#Cc1cccc(Oc2ccc(F)cc2)c1)C(C)(C)O. The molecule has 114 valence electrons. The highest BCUT2D eigenvalue weighted by Crippen LogP contribution is 2.22. The lowest BCUT2D eigenvalue weighted by Crippen LogP contribution is -2.27. The lowest BCUT2D eigenvalue weighted by molar-refractivity contribution is 0.0477. The molecule has 2 aromatic rings. The Hall–Kier alpha value is -2.31. The molecule has 2 aromatic carbocycles. The molecule has 0 heterocycles. The van der Waals surface area contributed by atoms with Crippen LogP contribution in [0, 0.1) is 23.6 Å². The van der Waals surface area contributed by atoms with E-state index in [1.165, 1.54) is 12.1 Å². The van der Waals surface area contributed by atoms with E-state index in [1.54, 1.807) is 26.0 Å². The van der Waals surface area contributed by atoms with Crippen LogP contribution >= 0.6 is 0 Å². The molecule has 0 aromatic heterocycles. The fourth-order valence-corrected chi connectivity index (χ4v) is 1.64. The van der Waals surface area contributed by atoms with Gasteiger partial charge in [-0.05, 0) is 63.2 Å². The molecule has 0 aliphatic heterocycles. The van der Waals surface area contributed by atoms with E-state index in [9.17, 15) is 9.50 Å². The number of rotatable bonds is 3. The first-order chi connectivity index (χ1) is 10.3. The van der Waals surface area contributed by atoms with Crippen LogP contribution in [-0.4, -0.2) is 10.7 Å². The van der Waals surface area contributed by atoms with Gasteiger partial charge in [-0.3, -0.25) is 0 Å².